The van der Waals surface area contributed by atoms with Crippen molar-refractivity contribution in [2.75, 3.05) is 0 Å². The molecule has 0 atom stereocenters. The minimum Gasteiger partial charge on any atom is -0.296 e. The summed E-state index contributed by atoms with van der Waals surface area (Å²) < 4.78 is 13.6. The lowest BCUT2D eigenvalue weighted by atomic mass is 9.96. The second kappa shape index (κ2) is 4.62. The van der Waals surface area contributed by atoms with Crippen LogP contribution in [-0.4, -0.2) is 17.2 Å². The Labute approximate surface area is 122 Å². The third-order valence-electron chi connectivity index (χ3n) is 3.82. The summed E-state index contributed by atoms with van der Waals surface area (Å²) in [6, 6.07) is 12.8. The van der Waals surface area contributed by atoms with Gasteiger partial charge < -0.3 is 0 Å². The second-order valence-corrected chi connectivity index (χ2v) is 5.83. The number of carbonyl (C=O) groups excluding carboxylic acids is 2. The van der Waals surface area contributed by atoms with Gasteiger partial charge in [-0.25, -0.2) is 4.39 Å². The Morgan fingerprint density at radius 1 is 1.00 bits per heavy atom. The van der Waals surface area contributed by atoms with Crippen LogP contribution >= 0.6 is 0 Å². The number of hydrogen-bond acceptors (Lipinski definition) is 2. The molecule has 2 aromatic rings. The normalized spacial score (nSPS) is 13.0. The van der Waals surface area contributed by atoms with E-state index >= 15 is 0 Å². The Hall–Kier alpha value is -2.29. The Bertz CT molecular complexity index is 754. The topological polar surface area (TPSA) is 34.1 Å². The van der Waals surface area contributed by atoms with Crippen LogP contribution in [-0.2, 0) is 11.2 Å². The van der Waals surface area contributed by atoms with Crippen molar-refractivity contribution in [3.8, 4) is 11.1 Å². The number of alkyl halides is 1. The van der Waals surface area contributed by atoms with Crippen LogP contribution in [0, 0.1) is 0 Å². The second-order valence-electron chi connectivity index (χ2n) is 5.83. The Balaban J connectivity index is 1.98. The lowest BCUT2D eigenvalue weighted by molar-refractivity contribution is -0.127. The first-order valence-electron chi connectivity index (χ1n) is 6.87. The molecule has 21 heavy (non-hydrogen) atoms. The van der Waals surface area contributed by atoms with Crippen LogP contribution in [0.4, 0.5) is 4.39 Å². The smallest absolute Gasteiger partial charge is 0.194 e. The van der Waals surface area contributed by atoms with Gasteiger partial charge in [-0.1, -0.05) is 36.4 Å². The molecule has 0 unspecified atom stereocenters. The van der Waals surface area contributed by atoms with Crippen LogP contribution in [0.1, 0.15) is 35.3 Å². The number of ketones is 2. The third kappa shape index (κ3) is 2.29. The molecule has 0 fully saturated rings. The van der Waals surface area contributed by atoms with Gasteiger partial charge in [0.15, 0.2) is 17.2 Å². The van der Waals surface area contributed by atoms with Gasteiger partial charge in [-0.3, -0.25) is 9.59 Å². The summed E-state index contributed by atoms with van der Waals surface area (Å²) in [6.45, 7) is 2.51. The first-order chi connectivity index (χ1) is 9.88. The lowest BCUT2D eigenvalue weighted by Crippen LogP contribution is -2.27. The summed E-state index contributed by atoms with van der Waals surface area (Å²) in [5, 5.41) is 0. The first-order valence-corrected chi connectivity index (χ1v) is 6.87. The number of rotatable bonds is 3. The van der Waals surface area contributed by atoms with E-state index < -0.39 is 11.5 Å². The highest BCUT2D eigenvalue weighted by atomic mass is 19.1. The van der Waals surface area contributed by atoms with E-state index in [2.05, 4.69) is 0 Å². The molecular formula is C18H15FO2. The number of carbonyl (C=O) groups is 2. The number of fused-ring (bicyclic) bond motifs is 3. The van der Waals surface area contributed by atoms with E-state index in [4.69, 9.17) is 0 Å². The molecule has 0 saturated carbocycles. The zero-order valence-corrected chi connectivity index (χ0v) is 11.9. The molecule has 1 aliphatic carbocycles. The average molecular weight is 282 g/mol. The molecule has 0 saturated heterocycles. The van der Waals surface area contributed by atoms with Crippen molar-refractivity contribution < 1.29 is 14.0 Å². The molecule has 0 aromatic heterocycles. The van der Waals surface area contributed by atoms with Gasteiger partial charge in [0.05, 0.1) is 0 Å². The van der Waals surface area contributed by atoms with E-state index in [1.165, 1.54) is 13.8 Å². The van der Waals surface area contributed by atoms with Gasteiger partial charge in [-0.05, 0) is 36.6 Å². The Kier molecular flexibility index (Phi) is 3.01. The maximum Gasteiger partial charge on any atom is 0.194 e. The molecule has 1 aliphatic rings. The van der Waals surface area contributed by atoms with Crippen LogP contribution in [0.3, 0.4) is 0 Å². The van der Waals surface area contributed by atoms with Crippen molar-refractivity contribution in [3.63, 3.8) is 0 Å². The first kappa shape index (κ1) is 13.7. The summed E-state index contributed by atoms with van der Waals surface area (Å²) in [4.78, 5) is 24.1. The summed E-state index contributed by atoms with van der Waals surface area (Å²) >= 11 is 0. The minimum absolute atomic E-state index is 0.000402. The quantitative estimate of drug-likeness (QED) is 0.733. The minimum atomic E-state index is -1.86. The van der Waals surface area contributed by atoms with Crippen molar-refractivity contribution in [1.29, 1.82) is 0 Å². The Morgan fingerprint density at radius 3 is 2.29 bits per heavy atom. The fourth-order valence-corrected chi connectivity index (χ4v) is 2.58. The number of halogens is 1. The van der Waals surface area contributed by atoms with Crippen LogP contribution in [0.15, 0.2) is 42.5 Å². The van der Waals surface area contributed by atoms with E-state index in [0.29, 0.717) is 16.7 Å². The summed E-state index contributed by atoms with van der Waals surface area (Å²) in [7, 11) is 0. The molecule has 3 rings (SSSR count). The largest absolute Gasteiger partial charge is 0.296 e. The van der Waals surface area contributed by atoms with E-state index in [0.717, 1.165) is 11.1 Å². The average Bonchev–Trinajstić information content (AvgIpc) is 2.72. The third-order valence-corrected chi connectivity index (χ3v) is 3.82. The molecule has 0 amide bonds. The SMILES string of the molecule is CC(C)(F)C(=O)Cc1ccc2c(c1)C(=O)c1ccccc1-2. The molecular weight excluding hydrogens is 267 g/mol. The van der Waals surface area contributed by atoms with Crippen LogP contribution < -0.4 is 0 Å². The molecule has 3 heteroatoms. The van der Waals surface area contributed by atoms with Crippen molar-refractivity contribution in [3.05, 3.63) is 59.2 Å². The summed E-state index contributed by atoms with van der Waals surface area (Å²) in [5.41, 5.74) is 1.89. The van der Waals surface area contributed by atoms with Gasteiger partial charge in [0.1, 0.15) is 0 Å². The highest BCUT2D eigenvalue weighted by Crippen LogP contribution is 2.36. The highest BCUT2D eigenvalue weighted by molar-refractivity contribution is 6.21. The lowest BCUT2D eigenvalue weighted by Gasteiger charge is -2.12. The molecule has 0 N–H and O–H groups in total. The zero-order valence-electron chi connectivity index (χ0n) is 11.9. The molecule has 0 aliphatic heterocycles. The van der Waals surface area contributed by atoms with E-state index in [9.17, 15) is 14.0 Å². The van der Waals surface area contributed by atoms with Gasteiger partial charge in [-0.2, -0.15) is 0 Å². The van der Waals surface area contributed by atoms with E-state index in [-0.39, 0.29) is 12.2 Å². The predicted octanol–water partition coefficient (Wildman–Crippen LogP) is 3.76. The molecule has 0 radical (unpaired) electrons. The standard InChI is InChI=1S/C18H15FO2/c1-18(2,19)16(20)10-11-7-8-13-12-5-3-4-6-14(12)17(21)15(13)9-11/h3-9H,10H2,1-2H3. The van der Waals surface area contributed by atoms with Crippen molar-refractivity contribution in [2.45, 2.75) is 25.9 Å². The number of hydrogen-bond donors (Lipinski definition) is 0. The van der Waals surface area contributed by atoms with Gasteiger partial charge in [0.25, 0.3) is 0 Å². The van der Waals surface area contributed by atoms with Gasteiger partial charge >= 0.3 is 0 Å². The van der Waals surface area contributed by atoms with Crippen LogP contribution in [0.5, 0.6) is 0 Å². The fourth-order valence-electron chi connectivity index (χ4n) is 2.58. The fraction of sp³-hybridized carbons (Fsp3) is 0.222. The van der Waals surface area contributed by atoms with Crippen molar-refractivity contribution >= 4 is 11.6 Å². The maximum absolute atomic E-state index is 13.6. The molecule has 0 heterocycles. The van der Waals surface area contributed by atoms with Gasteiger partial charge in [-0.15, -0.1) is 0 Å². The van der Waals surface area contributed by atoms with E-state index in [1.807, 2.05) is 24.3 Å². The highest BCUT2D eigenvalue weighted by Gasteiger charge is 2.29. The predicted molar refractivity (Wildman–Crippen MR) is 79.2 cm³/mol. The summed E-state index contributed by atoms with van der Waals surface area (Å²) in [5.74, 6) is -0.514. The van der Waals surface area contributed by atoms with Crippen LogP contribution in [0.25, 0.3) is 11.1 Å². The van der Waals surface area contributed by atoms with Gasteiger partial charge in [0.2, 0.25) is 0 Å². The van der Waals surface area contributed by atoms with Crippen molar-refractivity contribution in [2.24, 2.45) is 0 Å². The van der Waals surface area contributed by atoms with E-state index in [1.54, 1.807) is 18.2 Å². The molecule has 106 valence electrons. The molecule has 0 bridgehead atoms. The summed E-state index contributed by atoms with van der Waals surface area (Å²) in [6.07, 6.45) is 0.000402. The van der Waals surface area contributed by atoms with Gasteiger partial charge in [0, 0.05) is 17.5 Å². The molecule has 2 aromatic carbocycles. The molecule has 2 nitrogen and oxygen atoms in total. The van der Waals surface area contributed by atoms with Crippen molar-refractivity contribution in [1.82, 2.24) is 0 Å². The van der Waals surface area contributed by atoms with Crippen LogP contribution in [0.2, 0.25) is 0 Å². The monoisotopic (exact) mass is 282 g/mol. The maximum atomic E-state index is 13.6. The number of Topliss-reactive ketones (excluding diaryl/α,β-unsaturated/α-hetero) is 1. The molecule has 0 spiro atoms. The Morgan fingerprint density at radius 2 is 1.62 bits per heavy atom. The number of benzene rings is 2. The zero-order chi connectivity index (χ0) is 15.2.